The smallest absolute Gasteiger partial charge is 0.166 e. The minimum Gasteiger partial charge on any atom is -0.497 e. The zero-order valence-electron chi connectivity index (χ0n) is 8.95. The van der Waals surface area contributed by atoms with E-state index < -0.39 is 0 Å². The van der Waals surface area contributed by atoms with Crippen LogP contribution in [0.5, 0.6) is 11.5 Å². The predicted molar refractivity (Wildman–Crippen MR) is 58.7 cm³/mol. The molecule has 0 N–H and O–H groups in total. The highest BCUT2D eigenvalue weighted by Crippen LogP contribution is 2.23. The van der Waals surface area contributed by atoms with Gasteiger partial charge in [0, 0.05) is 18.1 Å². The molecule has 15 heavy (non-hydrogen) atoms. The van der Waals surface area contributed by atoms with Crippen molar-refractivity contribution >= 4 is 5.78 Å². The van der Waals surface area contributed by atoms with Gasteiger partial charge < -0.3 is 9.47 Å². The topological polar surface area (TPSA) is 35.5 Å². The second kappa shape index (κ2) is 5.20. The molecule has 1 rings (SSSR count). The zero-order chi connectivity index (χ0) is 11.3. The van der Waals surface area contributed by atoms with Gasteiger partial charge in [0.1, 0.15) is 11.5 Å². The number of allylic oxidation sites excluding steroid dienone is 1. The standard InChI is InChI=1S/C12H14O3/c1-4-5-12(13)9-6-10(14-2)8-11(7-9)15-3/h4,6-8H,1,5H2,2-3H3. The quantitative estimate of drug-likeness (QED) is 0.548. The number of carbonyl (C=O) groups is 1. The van der Waals surface area contributed by atoms with Gasteiger partial charge in [-0.3, -0.25) is 4.79 Å². The molecule has 0 spiro atoms. The first-order chi connectivity index (χ1) is 7.21. The SMILES string of the molecule is C=CCC(=O)c1cc(OC)cc(OC)c1. The highest BCUT2D eigenvalue weighted by atomic mass is 16.5. The molecule has 0 radical (unpaired) electrons. The number of hydrogen-bond donors (Lipinski definition) is 0. The Morgan fingerprint density at radius 3 is 2.20 bits per heavy atom. The lowest BCUT2D eigenvalue weighted by atomic mass is 10.1. The number of hydrogen-bond acceptors (Lipinski definition) is 3. The second-order valence-corrected chi connectivity index (χ2v) is 3.02. The molecule has 80 valence electrons. The van der Waals surface area contributed by atoms with Crippen molar-refractivity contribution in [1.82, 2.24) is 0 Å². The van der Waals surface area contributed by atoms with Crippen LogP contribution in [0.15, 0.2) is 30.9 Å². The number of Topliss-reactive ketones (excluding diaryl/α,β-unsaturated/α-hetero) is 1. The minimum atomic E-state index is 0.00204. The molecular formula is C12H14O3. The summed E-state index contributed by atoms with van der Waals surface area (Å²) in [6, 6.07) is 5.10. The molecule has 0 amide bonds. The van der Waals surface area contributed by atoms with Crippen LogP contribution in [0.2, 0.25) is 0 Å². The Hall–Kier alpha value is -1.77. The largest absolute Gasteiger partial charge is 0.497 e. The molecule has 0 bridgehead atoms. The van der Waals surface area contributed by atoms with E-state index in [1.165, 1.54) is 0 Å². The van der Waals surface area contributed by atoms with Gasteiger partial charge in [-0.25, -0.2) is 0 Å². The third-order valence-electron chi connectivity index (χ3n) is 2.00. The van der Waals surface area contributed by atoms with Crippen LogP contribution in [0.25, 0.3) is 0 Å². The summed E-state index contributed by atoms with van der Waals surface area (Å²) in [7, 11) is 3.10. The van der Waals surface area contributed by atoms with Gasteiger partial charge in [0.15, 0.2) is 5.78 Å². The Balaban J connectivity index is 3.06. The summed E-state index contributed by atoms with van der Waals surface area (Å²) in [5, 5.41) is 0. The summed E-state index contributed by atoms with van der Waals surface area (Å²) in [6.45, 7) is 3.53. The van der Waals surface area contributed by atoms with Crippen molar-refractivity contribution in [3.63, 3.8) is 0 Å². The highest BCUT2D eigenvalue weighted by Gasteiger charge is 2.07. The van der Waals surface area contributed by atoms with E-state index >= 15 is 0 Å². The molecular weight excluding hydrogens is 192 g/mol. The van der Waals surface area contributed by atoms with E-state index in [1.807, 2.05) is 0 Å². The zero-order valence-corrected chi connectivity index (χ0v) is 8.95. The van der Waals surface area contributed by atoms with Gasteiger partial charge in [0.25, 0.3) is 0 Å². The van der Waals surface area contributed by atoms with Gasteiger partial charge >= 0.3 is 0 Å². The molecule has 0 heterocycles. The molecule has 3 nitrogen and oxygen atoms in total. The molecule has 0 aliphatic rings. The molecule has 0 saturated heterocycles. The van der Waals surface area contributed by atoms with Gasteiger partial charge in [-0.2, -0.15) is 0 Å². The average molecular weight is 206 g/mol. The summed E-state index contributed by atoms with van der Waals surface area (Å²) in [5.41, 5.74) is 0.575. The third-order valence-corrected chi connectivity index (χ3v) is 2.00. The van der Waals surface area contributed by atoms with E-state index in [0.29, 0.717) is 23.5 Å². The summed E-state index contributed by atoms with van der Waals surface area (Å²) < 4.78 is 10.1. The maximum absolute atomic E-state index is 11.6. The minimum absolute atomic E-state index is 0.00204. The van der Waals surface area contributed by atoms with Crippen molar-refractivity contribution in [3.8, 4) is 11.5 Å². The first-order valence-electron chi connectivity index (χ1n) is 4.58. The fourth-order valence-corrected chi connectivity index (χ4v) is 1.22. The lowest BCUT2D eigenvalue weighted by Crippen LogP contribution is -1.99. The van der Waals surface area contributed by atoms with Gasteiger partial charge in [-0.1, -0.05) is 6.08 Å². The van der Waals surface area contributed by atoms with Crippen molar-refractivity contribution in [2.75, 3.05) is 14.2 Å². The number of methoxy groups -OCH3 is 2. The molecule has 1 aromatic rings. The van der Waals surface area contributed by atoms with Gasteiger partial charge in [0.05, 0.1) is 14.2 Å². The Labute approximate surface area is 89.3 Å². The maximum Gasteiger partial charge on any atom is 0.166 e. The predicted octanol–water partition coefficient (Wildman–Crippen LogP) is 2.46. The summed E-state index contributed by atoms with van der Waals surface area (Å²) in [5.74, 6) is 1.23. The average Bonchev–Trinajstić information content (AvgIpc) is 2.28. The van der Waals surface area contributed by atoms with Gasteiger partial charge in [0.2, 0.25) is 0 Å². The summed E-state index contributed by atoms with van der Waals surface area (Å²) in [6.07, 6.45) is 1.89. The Morgan fingerprint density at radius 1 is 1.27 bits per heavy atom. The number of rotatable bonds is 5. The Kier molecular flexibility index (Phi) is 3.92. The van der Waals surface area contributed by atoms with Crippen LogP contribution in [0.1, 0.15) is 16.8 Å². The molecule has 0 unspecified atom stereocenters. The Bertz CT molecular complexity index is 347. The van der Waals surface area contributed by atoms with Crippen LogP contribution in [-0.2, 0) is 0 Å². The molecule has 0 atom stereocenters. The normalized spacial score (nSPS) is 9.47. The highest BCUT2D eigenvalue weighted by molar-refractivity contribution is 5.97. The molecule has 3 heteroatoms. The number of carbonyl (C=O) groups excluding carboxylic acids is 1. The monoisotopic (exact) mass is 206 g/mol. The van der Waals surface area contributed by atoms with Crippen LogP contribution < -0.4 is 9.47 Å². The van der Waals surface area contributed by atoms with E-state index in [9.17, 15) is 4.79 Å². The number of ether oxygens (including phenoxy) is 2. The molecule has 0 aliphatic carbocycles. The van der Waals surface area contributed by atoms with Gasteiger partial charge in [-0.15, -0.1) is 6.58 Å². The van der Waals surface area contributed by atoms with Crippen molar-refractivity contribution in [2.24, 2.45) is 0 Å². The van der Waals surface area contributed by atoms with Crippen LogP contribution in [0.4, 0.5) is 0 Å². The molecule has 1 aromatic carbocycles. The van der Waals surface area contributed by atoms with Gasteiger partial charge in [-0.05, 0) is 12.1 Å². The first-order valence-corrected chi connectivity index (χ1v) is 4.58. The maximum atomic E-state index is 11.6. The van der Waals surface area contributed by atoms with Crippen molar-refractivity contribution < 1.29 is 14.3 Å². The van der Waals surface area contributed by atoms with E-state index in [1.54, 1.807) is 38.5 Å². The first kappa shape index (κ1) is 11.3. The molecule has 0 aliphatic heterocycles. The van der Waals surface area contributed by atoms with E-state index in [-0.39, 0.29) is 5.78 Å². The number of ketones is 1. The van der Waals surface area contributed by atoms with E-state index in [2.05, 4.69) is 6.58 Å². The van der Waals surface area contributed by atoms with Crippen LogP contribution in [-0.4, -0.2) is 20.0 Å². The van der Waals surface area contributed by atoms with Crippen LogP contribution >= 0.6 is 0 Å². The van der Waals surface area contributed by atoms with Crippen molar-refractivity contribution in [1.29, 1.82) is 0 Å². The third kappa shape index (κ3) is 2.84. The molecule has 0 fully saturated rings. The van der Waals surface area contributed by atoms with Crippen LogP contribution in [0, 0.1) is 0 Å². The second-order valence-electron chi connectivity index (χ2n) is 3.02. The van der Waals surface area contributed by atoms with Crippen molar-refractivity contribution in [2.45, 2.75) is 6.42 Å². The van der Waals surface area contributed by atoms with Crippen molar-refractivity contribution in [3.05, 3.63) is 36.4 Å². The van der Waals surface area contributed by atoms with Crippen LogP contribution in [0.3, 0.4) is 0 Å². The lowest BCUT2D eigenvalue weighted by molar-refractivity contribution is 0.0995. The number of benzene rings is 1. The van der Waals surface area contributed by atoms with E-state index in [4.69, 9.17) is 9.47 Å². The summed E-state index contributed by atoms with van der Waals surface area (Å²) in [4.78, 5) is 11.6. The molecule has 0 aromatic heterocycles. The fraction of sp³-hybridized carbons (Fsp3) is 0.250. The Morgan fingerprint density at radius 2 is 1.80 bits per heavy atom. The summed E-state index contributed by atoms with van der Waals surface area (Å²) >= 11 is 0. The van der Waals surface area contributed by atoms with E-state index in [0.717, 1.165) is 0 Å². The fourth-order valence-electron chi connectivity index (χ4n) is 1.22. The lowest BCUT2D eigenvalue weighted by Gasteiger charge is -2.06. The molecule has 0 saturated carbocycles.